The van der Waals surface area contributed by atoms with E-state index in [0.717, 1.165) is 147 Å². The number of aliphatic hydroxyl groups is 1. The third kappa shape index (κ3) is 69.0. The van der Waals surface area contributed by atoms with Crippen LogP contribution in [-0.2, 0) is 65.4 Å². The molecule has 0 aliphatic carbocycles. The number of rotatable bonds is 71. The summed E-state index contributed by atoms with van der Waals surface area (Å²) in [5, 5.41) is 10.6. The summed E-state index contributed by atoms with van der Waals surface area (Å²) in [5.74, 6) is -1.49. The first kappa shape index (κ1) is 92.5. The van der Waals surface area contributed by atoms with E-state index in [1.54, 1.807) is 0 Å². The van der Waals surface area contributed by atoms with Gasteiger partial charge in [-0.05, 0) is 109 Å². The molecule has 0 aliphatic rings. The number of hydrogen-bond acceptors (Lipinski definition) is 15. The van der Waals surface area contributed by atoms with Crippen LogP contribution in [0, 0.1) is 5.92 Å². The molecule has 0 aromatic carbocycles. The Morgan fingerprint density at radius 2 is 0.562 bits per heavy atom. The maximum atomic E-state index is 13.1. The van der Waals surface area contributed by atoms with Crippen LogP contribution in [-0.4, -0.2) is 96.7 Å². The number of ether oxygens (including phenoxy) is 4. The number of carbonyl (C=O) groups excluding carboxylic acids is 4. The standard InChI is InChI=1S/C77H138O17P2/c1-6-9-12-15-18-21-24-27-30-33-36-39-45-50-55-60-74(79)87-66-72(93-76(81)62-57-52-47-40-37-34-31-28-25-22-19-16-13-10-7-2)68-91-95(83,84)89-64-71(78)65-90-96(85,86)92-69-73(67-88-75(80)61-56-51-46-43-42-44-49-54-59-70(4)5)94-77(82)63-58-53-48-41-38-35-32-29-26-23-20-17-14-11-8-3/h21-32,70-73,78H,6-20,33-69H2,1-5H3,(H,83,84)(H,85,86)/b24-21-,25-22-,26-23-,30-27-,31-28-,32-29-/t71-,72-,73-/m1/s1. The first-order valence-electron chi connectivity index (χ1n) is 38.1. The van der Waals surface area contributed by atoms with Crippen LogP contribution in [0.3, 0.4) is 0 Å². The smallest absolute Gasteiger partial charge is 0.462 e. The fraction of sp³-hybridized carbons (Fsp3) is 0.792. The third-order valence-electron chi connectivity index (χ3n) is 16.2. The van der Waals surface area contributed by atoms with E-state index in [1.165, 1.54) is 103 Å². The number of allylic oxidation sites excluding steroid dienone is 12. The maximum absolute atomic E-state index is 13.1. The molecule has 0 aliphatic heterocycles. The minimum atomic E-state index is -4.98. The van der Waals surface area contributed by atoms with Gasteiger partial charge in [0.25, 0.3) is 0 Å². The van der Waals surface area contributed by atoms with Crippen molar-refractivity contribution < 1.29 is 80.2 Å². The predicted octanol–water partition coefficient (Wildman–Crippen LogP) is 21.5. The van der Waals surface area contributed by atoms with Crippen molar-refractivity contribution in [2.24, 2.45) is 5.92 Å². The van der Waals surface area contributed by atoms with E-state index in [-0.39, 0.29) is 25.7 Å². The molecule has 17 nitrogen and oxygen atoms in total. The Labute approximate surface area is 583 Å². The van der Waals surface area contributed by atoms with Gasteiger partial charge in [-0.1, -0.05) is 274 Å². The number of unbranched alkanes of at least 4 members (excludes halogenated alkanes) is 34. The molecule has 0 aromatic heterocycles. The lowest BCUT2D eigenvalue weighted by atomic mass is 10.0. The lowest BCUT2D eigenvalue weighted by Gasteiger charge is -2.21. The number of aliphatic hydroxyl groups excluding tert-OH is 1. The monoisotopic (exact) mass is 1400 g/mol. The molecule has 0 heterocycles. The summed E-state index contributed by atoms with van der Waals surface area (Å²) in [6.45, 7) is 7.05. The van der Waals surface area contributed by atoms with Crippen molar-refractivity contribution in [2.45, 2.75) is 348 Å². The molecule has 0 saturated heterocycles. The summed E-state index contributed by atoms with van der Waals surface area (Å²) in [6.07, 6.45) is 66.2. The molecule has 0 fully saturated rings. The second-order valence-electron chi connectivity index (χ2n) is 26.2. The molecular formula is C77H138O17P2. The second-order valence-corrected chi connectivity index (χ2v) is 29.1. The van der Waals surface area contributed by atoms with Gasteiger partial charge in [0.1, 0.15) is 19.3 Å². The van der Waals surface area contributed by atoms with Crippen LogP contribution in [0.25, 0.3) is 0 Å². The normalized spacial score (nSPS) is 14.4. The molecule has 0 spiro atoms. The van der Waals surface area contributed by atoms with Crippen molar-refractivity contribution in [3.05, 3.63) is 72.9 Å². The van der Waals surface area contributed by atoms with Crippen molar-refractivity contribution in [1.82, 2.24) is 0 Å². The van der Waals surface area contributed by atoms with Crippen molar-refractivity contribution in [2.75, 3.05) is 39.6 Å². The van der Waals surface area contributed by atoms with Crippen molar-refractivity contribution in [3.63, 3.8) is 0 Å². The highest BCUT2D eigenvalue weighted by Gasteiger charge is 2.30. The summed E-state index contributed by atoms with van der Waals surface area (Å²) in [4.78, 5) is 72.8. The van der Waals surface area contributed by atoms with Crippen LogP contribution >= 0.6 is 15.6 Å². The fourth-order valence-electron chi connectivity index (χ4n) is 10.3. The molecule has 0 amide bonds. The molecule has 2 unspecified atom stereocenters. The molecule has 0 rings (SSSR count). The van der Waals surface area contributed by atoms with Gasteiger partial charge in [-0.25, -0.2) is 9.13 Å². The Kier molecular flexibility index (Phi) is 66.1. The Bertz CT molecular complexity index is 2120. The average molecular weight is 1400 g/mol. The van der Waals surface area contributed by atoms with Gasteiger partial charge in [-0.15, -0.1) is 0 Å². The molecular weight excluding hydrogens is 1260 g/mol. The number of esters is 4. The lowest BCUT2D eigenvalue weighted by molar-refractivity contribution is -0.161. The first-order chi connectivity index (χ1) is 46.5. The second kappa shape index (κ2) is 68.6. The zero-order valence-electron chi connectivity index (χ0n) is 61.0. The van der Waals surface area contributed by atoms with E-state index in [2.05, 4.69) is 108 Å². The maximum Gasteiger partial charge on any atom is 0.472 e. The third-order valence-corrected chi connectivity index (χ3v) is 18.1. The molecule has 19 heteroatoms. The highest BCUT2D eigenvalue weighted by molar-refractivity contribution is 7.47. The van der Waals surface area contributed by atoms with Crippen molar-refractivity contribution >= 4 is 39.5 Å². The van der Waals surface area contributed by atoms with Crippen LogP contribution in [0.2, 0.25) is 0 Å². The fourth-order valence-corrected chi connectivity index (χ4v) is 11.8. The molecule has 0 radical (unpaired) electrons. The van der Waals surface area contributed by atoms with Crippen molar-refractivity contribution in [1.29, 1.82) is 0 Å². The highest BCUT2D eigenvalue weighted by atomic mass is 31.2. The van der Waals surface area contributed by atoms with E-state index < -0.39 is 97.5 Å². The zero-order valence-corrected chi connectivity index (χ0v) is 62.7. The number of phosphoric ester groups is 2. The lowest BCUT2D eigenvalue weighted by Crippen LogP contribution is -2.30. The minimum absolute atomic E-state index is 0.0756. The van der Waals surface area contributed by atoms with E-state index in [9.17, 15) is 43.2 Å². The topological polar surface area (TPSA) is 237 Å². The molecule has 96 heavy (non-hydrogen) atoms. The van der Waals surface area contributed by atoms with Gasteiger partial charge in [0.15, 0.2) is 12.2 Å². The Hall–Kier alpha value is -3.50. The molecule has 0 aromatic rings. The SMILES string of the molecule is CCCCCC/C=C\C=C/CCCCCCCC(=O)OC[C@H](COP(=O)(O)OC[C@@H](O)COP(=O)(O)OC[C@@H](COC(=O)CCCCCCCCCCC(C)C)OC(=O)CCCCCCC/C=C\C=C/CCCCCC)OC(=O)CCCCCCC/C=C\C=C/CCCCCC. The van der Waals surface area contributed by atoms with E-state index in [4.69, 9.17) is 37.0 Å². The highest BCUT2D eigenvalue weighted by Crippen LogP contribution is 2.45. The molecule has 558 valence electrons. The minimum Gasteiger partial charge on any atom is -0.462 e. The van der Waals surface area contributed by atoms with E-state index >= 15 is 0 Å². The number of hydrogen-bond donors (Lipinski definition) is 3. The van der Waals surface area contributed by atoms with Gasteiger partial charge in [0, 0.05) is 25.7 Å². The molecule has 0 saturated carbocycles. The number of phosphoric acid groups is 2. The van der Waals surface area contributed by atoms with Crippen LogP contribution < -0.4 is 0 Å². The van der Waals surface area contributed by atoms with Crippen LogP contribution in [0.15, 0.2) is 72.9 Å². The van der Waals surface area contributed by atoms with Gasteiger partial charge in [0.2, 0.25) is 0 Å². The predicted molar refractivity (Wildman–Crippen MR) is 390 cm³/mol. The molecule has 3 N–H and O–H groups in total. The van der Waals surface area contributed by atoms with Crippen LogP contribution in [0.5, 0.6) is 0 Å². The Morgan fingerprint density at radius 3 is 0.844 bits per heavy atom. The summed E-state index contributed by atoms with van der Waals surface area (Å²) in [7, 11) is -9.95. The van der Waals surface area contributed by atoms with Gasteiger partial charge >= 0.3 is 39.5 Å². The Morgan fingerprint density at radius 1 is 0.323 bits per heavy atom. The van der Waals surface area contributed by atoms with Gasteiger partial charge in [-0.3, -0.25) is 37.3 Å². The first-order valence-corrected chi connectivity index (χ1v) is 41.1. The van der Waals surface area contributed by atoms with E-state index in [1.807, 2.05) is 0 Å². The van der Waals surface area contributed by atoms with Gasteiger partial charge < -0.3 is 33.8 Å². The quantitative estimate of drug-likeness (QED) is 0.0169. The van der Waals surface area contributed by atoms with E-state index in [0.29, 0.717) is 25.7 Å². The molecule has 5 atom stereocenters. The number of carbonyl (C=O) groups is 4. The zero-order chi connectivity index (χ0) is 70.5. The van der Waals surface area contributed by atoms with Gasteiger partial charge in [-0.2, -0.15) is 0 Å². The molecule has 0 bridgehead atoms. The summed E-state index contributed by atoms with van der Waals surface area (Å²) in [6, 6.07) is 0. The summed E-state index contributed by atoms with van der Waals surface area (Å²) in [5.41, 5.74) is 0. The largest absolute Gasteiger partial charge is 0.472 e. The van der Waals surface area contributed by atoms with Crippen molar-refractivity contribution in [3.8, 4) is 0 Å². The average Bonchev–Trinajstić information content (AvgIpc) is 1.30. The Balaban J connectivity index is 5.37. The summed E-state index contributed by atoms with van der Waals surface area (Å²) >= 11 is 0. The van der Waals surface area contributed by atoms with Gasteiger partial charge in [0.05, 0.1) is 26.4 Å². The summed E-state index contributed by atoms with van der Waals surface area (Å²) < 4.78 is 68.4. The van der Waals surface area contributed by atoms with Crippen LogP contribution in [0.1, 0.15) is 330 Å². The van der Waals surface area contributed by atoms with Crippen LogP contribution in [0.4, 0.5) is 0 Å².